The minimum absolute atomic E-state index is 0.202. The number of hydrogen-bond donors (Lipinski definition) is 0. The molecule has 140 valence electrons. The summed E-state index contributed by atoms with van der Waals surface area (Å²) in [4.78, 5) is 12.5. The van der Waals surface area contributed by atoms with Gasteiger partial charge in [-0.15, -0.1) is 0 Å². The van der Waals surface area contributed by atoms with E-state index in [1.165, 1.54) is 0 Å². The van der Waals surface area contributed by atoms with Gasteiger partial charge in [0.1, 0.15) is 11.2 Å². The molecule has 0 fully saturated rings. The van der Waals surface area contributed by atoms with Gasteiger partial charge < -0.3 is 18.3 Å². The fourth-order valence-electron chi connectivity index (χ4n) is 4.54. The highest BCUT2D eigenvalue weighted by Crippen LogP contribution is 2.41. The van der Waals surface area contributed by atoms with E-state index < -0.39 is 0 Å². The van der Waals surface area contributed by atoms with E-state index in [9.17, 15) is 4.79 Å². The second-order valence-electron chi connectivity index (χ2n) is 7.53. The molecule has 0 saturated carbocycles. The zero-order valence-corrected chi connectivity index (χ0v) is 15.5. The van der Waals surface area contributed by atoms with Gasteiger partial charge in [-0.2, -0.15) is 0 Å². The molecule has 6 rings (SSSR count). The van der Waals surface area contributed by atoms with E-state index in [-0.39, 0.29) is 12.4 Å². The lowest BCUT2D eigenvalue weighted by molar-refractivity contribution is 0.174. The first-order chi connectivity index (χ1) is 13.7. The van der Waals surface area contributed by atoms with Gasteiger partial charge in [-0.25, -0.2) is 4.79 Å². The third kappa shape index (κ3) is 2.10. The largest absolute Gasteiger partial charge is 0.463 e. The van der Waals surface area contributed by atoms with E-state index in [4.69, 9.17) is 18.3 Å². The molecule has 0 spiro atoms. The van der Waals surface area contributed by atoms with Crippen LogP contribution in [0.5, 0.6) is 11.5 Å². The van der Waals surface area contributed by atoms with E-state index in [2.05, 4.69) is 6.07 Å². The van der Waals surface area contributed by atoms with Crippen LogP contribution in [-0.4, -0.2) is 6.79 Å². The second kappa shape index (κ2) is 5.64. The van der Waals surface area contributed by atoms with Gasteiger partial charge in [0, 0.05) is 27.5 Å². The summed E-state index contributed by atoms with van der Waals surface area (Å²) in [7, 11) is 0. The van der Waals surface area contributed by atoms with Crippen molar-refractivity contribution in [1.29, 1.82) is 0 Å². The zero-order chi connectivity index (χ0) is 18.8. The maximum absolute atomic E-state index is 12.5. The molecule has 2 aromatic carbocycles. The highest BCUT2D eigenvalue weighted by atomic mass is 16.7. The fourth-order valence-corrected chi connectivity index (χ4v) is 4.54. The van der Waals surface area contributed by atoms with Crippen molar-refractivity contribution in [2.45, 2.75) is 32.6 Å². The van der Waals surface area contributed by atoms with Crippen LogP contribution in [0.25, 0.3) is 33.1 Å². The first-order valence-corrected chi connectivity index (χ1v) is 9.60. The summed E-state index contributed by atoms with van der Waals surface area (Å²) in [5.74, 6) is 1.50. The van der Waals surface area contributed by atoms with Crippen LogP contribution in [0.1, 0.15) is 29.5 Å². The standard InChI is InChI=1S/C23H18O5/c1-12-21-17(9-16-14-4-2-3-5-15(14)23(24)28-22(12)16)18(10-25-21)13-6-7-19-20(8-13)27-11-26-19/h6-10H,2-5,11H2,1H3. The summed E-state index contributed by atoms with van der Waals surface area (Å²) in [6.07, 6.45) is 5.62. The molecule has 3 heterocycles. The van der Waals surface area contributed by atoms with Crippen molar-refractivity contribution in [3.8, 4) is 22.6 Å². The SMILES string of the molecule is Cc1c2occ(-c3ccc4c(c3)OCO4)c2cc2c3c(c(=O)oc12)CCCC3. The van der Waals surface area contributed by atoms with Gasteiger partial charge in [0.15, 0.2) is 11.5 Å². The Morgan fingerprint density at radius 1 is 0.893 bits per heavy atom. The van der Waals surface area contributed by atoms with Crippen molar-refractivity contribution in [2.75, 3.05) is 6.79 Å². The molecule has 1 aliphatic carbocycles. The van der Waals surface area contributed by atoms with E-state index in [1.54, 1.807) is 6.26 Å². The molecule has 5 nitrogen and oxygen atoms in total. The second-order valence-corrected chi connectivity index (χ2v) is 7.53. The van der Waals surface area contributed by atoms with Crippen molar-refractivity contribution in [3.63, 3.8) is 0 Å². The lowest BCUT2D eigenvalue weighted by Gasteiger charge is -2.17. The number of ether oxygens (including phenoxy) is 2. The molecule has 1 aliphatic heterocycles. The van der Waals surface area contributed by atoms with Gasteiger partial charge in [0.05, 0.1) is 6.26 Å². The first kappa shape index (κ1) is 15.8. The number of hydrogen-bond acceptors (Lipinski definition) is 5. The predicted octanol–water partition coefficient (Wildman–Crippen LogP) is 5.12. The molecule has 0 bridgehead atoms. The third-order valence-electron chi connectivity index (χ3n) is 5.96. The molecule has 0 saturated heterocycles. The van der Waals surface area contributed by atoms with E-state index >= 15 is 0 Å². The third-order valence-corrected chi connectivity index (χ3v) is 5.96. The molecule has 0 amide bonds. The smallest absolute Gasteiger partial charge is 0.339 e. The van der Waals surface area contributed by atoms with Crippen LogP contribution >= 0.6 is 0 Å². The summed E-state index contributed by atoms with van der Waals surface area (Å²) in [5, 5.41) is 2.05. The van der Waals surface area contributed by atoms with Crippen LogP contribution in [0.4, 0.5) is 0 Å². The number of rotatable bonds is 1. The Labute approximate surface area is 160 Å². The van der Waals surface area contributed by atoms with Crippen LogP contribution < -0.4 is 15.1 Å². The molecule has 0 unspecified atom stereocenters. The van der Waals surface area contributed by atoms with Crippen molar-refractivity contribution >= 4 is 21.9 Å². The maximum Gasteiger partial charge on any atom is 0.339 e. The average molecular weight is 374 g/mol. The van der Waals surface area contributed by atoms with Crippen molar-refractivity contribution in [2.24, 2.45) is 0 Å². The lowest BCUT2D eigenvalue weighted by atomic mass is 9.89. The molecule has 0 radical (unpaired) electrons. The number of furan rings is 1. The molecule has 5 heteroatoms. The van der Waals surface area contributed by atoms with Crippen molar-refractivity contribution < 1.29 is 18.3 Å². The van der Waals surface area contributed by atoms with Crippen LogP contribution in [0.3, 0.4) is 0 Å². The summed E-state index contributed by atoms with van der Waals surface area (Å²) in [6.45, 7) is 2.20. The van der Waals surface area contributed by atoms with Gasteiger partial charge >= 0.3 is 5.63 Å². The Morgan fingerprint density at radius 3 is 2.61 bits per heavy atom. The molecular weight excluding hydrogens is 356 g/mol. The van der Waals surface area contributed by atoms with Crippen molar-refractivity contribution in [1.82, 2.24) is 0 Å². The van der Waals surface area contributed by atoms with E-state index in [0.29, 0.717) is 5.58 Å². The Kier molecular flexibility index (Phi) is 3.19. The van der Waals surface area contributed by atoms with E-state index in [1.807, 2.05) is 25.1 Å². The molecule has 28 heavy (non-hydrogen) atoms. The topological polar surface area (TPSA) is 61.8 Å². The Morgan fingerprint density at radius 2 is 1.71 bits per heavy atom. The van der Waals surface area contributed by atoms with Crippen molar-refractivity contribution in [3.05, 3.63) is 57.6 Å². The predicted molar refractivity (Wildman–Crippen MR) is 105 cm³/mol. The van der Waals surface area contributed by atoms with Crippen LogP contribution in [0.2, 0.25) is 0 Å². The minimum Gasteiger partial charge on any atom is -0.463 e. The van der Waals surface area contributed by atoms with Crippen LogP contribution in [0, 0.1) is 6.92 Å². The quantitative estimate of drug-likeness (QED) is 0.433. The Hall–Kier alpha value is -3.21. The molecule has 2 aliphatic rings. The molecule has 4 aromatic rings. The normalized spacial score (nSPS) is 15.3. The highest BCUT2D eigenvalue weighted by Gasteiger charge is 2.23. The summed E-state index contributed by atoms with van der Waals surface area (Å²) < 4.78 is 22.6. The molecule has 0 atom stereocenters. The average Bonchev–Trinajstić information content (AvgIpc) is 3.35. The highest BCUT2D eigenvalue weighted by molar-refractivity contribution is 6.05. The fraction of sp³-hybridized carbons (Fsp3) is 0.261. The molecule has 2 aromatic heterocycles. The first-order valence-electron chi connectivity index (χ1n) is 9.60. The summed E-state index contributed by atoms with van der Waals surface area (Å²) in [5.41, 5.74) is 6.04. The van der Waals surface area contributed by atoms with Gasteiger partial charge in [-0.3, -0.25) is 0 Å². The monoisotopic (exact) mass is 374 g/mol. The zero-order valence-electron chi connectivity index (χ0n) is 15.5. The lowest BCUT2D eigenvalue weighted by Crippen LogP contribution is -2.16. The molecular formula is C23H18O5. The minimum atomic E-state index is -0.202. The summed E-state index contributed by atoms with van der Waals surface area (Å²) in [6, 6.07) is 8.03. The maximum atomic E-state index is 12.5. The number of aryl methyl sites for hydroxylation is 2. The van der Waals surface area contributed by atoms with Gasteiger partial charge in [-0.05, 0) is 61.9 Å². The Bertz CT molecular complexity index is 1320. The van der Waals surface area contributed by atoms with Gasteiger partial charge in [0.25, 0.3) is 0 Å². The molecule has 0 N–H and O–H groups in total. The van der Waals surface area contributed by atoms with Crippen LogP contribution in [0.15, 0.2) is 44.2 Å². The van der Waals surface area contributed by atoms with E-state index in [0.717, 1.165) is 81.4 Å². The Balaban J connectivity index is 1.65. The van der Waals surface area contributed by atoms with Gasteiger partial charge in [-0.1, -0.05) is 6.07 Å². The van der Waals surface area contributed by atoms with Gasteiger partial charge in [0.2, 0.25) is 6.79 Å². The number of fused-ring (bicyclic) bond motifs is 5. The van der Waals surface area contributed by atoms with Crippen LogP contribution in [-0.2, 0) is 12.8 Å². The summed E-state index contributed by atoms with van der Waals surface area (Å²) >= 11 is 0. The number of benzene rings is 2.